The maximum Gasteiger partial charge on any atom is 0.341 e. The SMILES string of the molecule is CCOc1ccn2ncc(C(=O)O)c2n1.NCCOc1ccc(F)cc1. The predicted molar refractivity (Wildman–Crippen MR) is 92.1 cm³/mol. The van der Waals surface area contributed by atoms with Crippen LogP contribution in [0.2, 0.25) is 0 Å². The van der Waals surface area contributed by atoms with Gasteiger partial charge < -0.3 is 20.3 Å². The largest absolute Gasteiger partial charge is 0.492 e. The summed E-state index contributed by atoms with van der Waals surface area (Å²) in [6.07, 6.45) is 2.88. The van der Waals surface area contributed by atoms with Crippen molar-refractivity contribution in [2.24, 2.45) is 5.73 Å². The van der Waals surface area contributed by atoms with Gasteiger partial charge in [-0.15, -0.1) is 0 Å². The van der Waals surface area contributed by atoms with E-state index < -0.39 is 5.97 Å². The molecule has 0 radical (unpaired) electrons. The van der Waals surface area contributed by atoms with Crippen LogP contribution < -0.4 is 15.2 Å². The minimum Gasteiger partial charge on any atom is -0.492 e. The Labute approximate surface area is 149 Å². The highest BCUT2D eigenvalue weighted by Crippen LogP contribution is 2.13. The third kappa shape index (κ3) is 5.15. The molecule has 2 heterocycles. The third-order valence-electron chi connectivity index (χ3n) is 3.07. The van der Waals surface area contributed by atoms with Gasteiger partial charge in [0.05, 0.1) is 12.8 Å². The molecule has 26 heavy (non-hydrogen) atoms. The molecular weight excluding hydrogens is 343 g/mol. The number of carbonyl (C=O) groups is 1. The number of benzene rings is 1. The van der Waals surface area contributed by atoms with E-state index in [4.69, 9.17) is 20.3 Å². The molecule has 3 N–H and O–H groups in total. The monoisotopic (exact) mass is 362 g/mol. The summed E-state index contributed by atoms with van der Waals surface area (Å²) in [6, 6.07) is 7.49. The van der Waals surface area contributed by atoms with Gasteiger partial charge in [0, 0.05) is 18.8 Å². The van der Waals surface area contributed by atoms with Gasteiger partial charge in [0.2, 0.25) is 5.88 Å². The number of carboxylic acid groups (broad SMARTS) is 1. The first kappa shape index (κ1) is 19.1. The number of nitrogens with two attached hydrogens (primary N) is 1. The standard InChI is InChI=1S/C9H9N3O3.C8H10FNO/c1-2-15-7-3-4-12-8(11-7)6(5-10-12)9(13)14;9-7-1-3-8(4-2-7)11-6-5-10/h3-5H,2H2,1H3,(H,13,14);1-4H,5-6,10H2. The summed E-state index contributed by atoms with van der Waals surface area (Å²) in [4.78, 5) is 14.9. The number of hydrogen-bond acceptors (Lipinski definition) is 6. The van der Waals surface area contributed by atoms with Crippen LogP contribution in [0, 0.1) is 5.82 Å². The summed E-state index contributed by atoms with van der Waals surface area (Å²) in [5.74, 6) is -0.263. The van der Waals surface area contributed by atoms with Crippen molar-refractivity contribution in [3.8, 4) is 11.6 Å². The molecule has 0 saturated carbocycles. The Bertz CT molecular complexity index is 852. The van der Waals surface area contributed by atoms with Gasteiger partial charge in [-0.05, 0) is 31.2 Å². The number of hydrogen-bond donors (Lipinski definition) is 2. The van der Waals surface area contributed by atoms with Crippen molar-refractivity contribution < 1.29 is 23.8 Å². The number of carboxylic acids is 1. The van der Waals surface area contributed by atoms with E-state index in [1.807, 2.05) is 6.92 Å². The van der Waals surface area contributed by atoms with E-state index >= 15 is 0 Å². The molecule has 2 aromatic heterocycles. The molecule has 0 spiro atoms. The molecular formula is C17H19FN4O4. The lowest BCUT2D eigenvalue weighted by Gasteiger charge is -2.02. The van der Waals surface area contributed by atoms with Crippen LogP contribution in [-0.2, 0) is 0 Å². The summed E-state index contributed by atoms with van der Waals surface area (Å²) in [7, 11) is 0. The van der Waals surface area contributed by atoms with E-state index in [2.05, 4.69) is 10.1 Å². The predicted octanol–water partition coefficient (Wildman–Crippen LogP) is 1.99. The number of aromatic carboxylic acids is 1. The van der Waals surface area contributed by atoms with Crippen molar-refractivity contribution in [2.75, 3.05) is 19.8 Å². The second-order valence-corrected chi connectivity index (χ2v) is 4.92. The van der Waals surface area contributed by atoms with Crippen molar-refractivity contribution in [2.45, 2.75) is 6.92 Å². The van der Waals surface area contributed by atoms with E-state index in [-0.39, 0.29) is 17.0 Å². The summed E-state index contributed by atoms with van der Waals surface area (Å²) < 4.78 is 24.0. The van der Waals surface area contributed by atoms with Crippen molar-refractivity contribution in [3.05, 3.63) is 54.1 Å². The second-order valence-electron chi connectivity index (χ2n) is 4.92. The van der Waals surface area contributed by atoms with Crippen LogP contribution in [0.4, 0.5) is 4.39 Å². The highest BCUT2D eigenvalue weighted by Gasteiger charge is 2.12. The van der Waals surface area contributed by atoms with Crippen molar-refractivity contribution in [1.82, 2.24) is 14.6 Å². The maximum atomic E-state index is 12.3. The number of fused-ring (bicyclic) bond motifs is 1. The van der Waals surface area contributed by atoms with Gasteiger partial charge in [-0.2, -0.15) is 10.1 Å². The number of aromatic nitrogens is 3. The smallest absolute Gasteiger partial charge is 0.341 e. The van der Waals surface area contributed by atoms with Gasteiger partial charge in [0.15, 0.2) is 5.65 Å². The Morgan fingerprint density at radius 2 is 2.00 bits per heavy atom. The van der Waals surface area contributed by atoms with Crippen LogP contribution in [0.3, 0.4) is 0 Å². The molecule has 0 bridgehead atoms. The fraction of sp³-hybridized carbons (Fsp3) is 0.235. The molecule has 0 amide bonds. The Morgan fingerprint density at radius 1 is 1.27 bits per heavy atom. The first-order chi connectivity index (χ1) is 12.5. The van der Waals surface area contributed by atoms with Gasteiger partial charge in [-0.1, -0.05) is 0 Å². The summed E-state index contributed by atoms with van der Waals surface area (Å²) in [6.45, 7) is 3.25. The molecule has 0 unspecified atom stereocenters. The molecule has 9 heteroatoms. The highest BCUT2D eigenvalue weighted by molar-refractivity contribution is 5.94. The highest BCUT2D eigenvalue weighted by atomic mass is 19.1. The summed E-state index contributed by atoms with van der Waals surface area (Å²) in [5.41, 5.74) is 5.56. The number of nitrogens with zero attached hydrogens (tertiary/aromatic N) is 3. The summed E-state index contributed by atoms with van der Waals surface area (Å²) >= 11 is 0. The Hall–Kier alpha value is -3.20. The van der Waals surface area contributed by atoms with E-state index in [9.17, 15) is 9.18 Å². The van der Waals surface area contributed by atoms with E-state index in [1.165, 1.54) is 22.8 Å². The van der Waals surface area contributed by atoms with Crippen LogP contribution in [0.1, 0.15) is 17.3 Å². The topological polar surface area (TPSA) is 112 Å². The lowest BCUT2D eigenvalue weighted by Crippen LogP contribution is -2.10. The Morgan fingerprint density at radius 3 is 2.62 bits per heavy atom. The van der Waals surface area contributed by atoms with Gasteiger partial charge >= 0.3 is 5.97 Å². The van der Waals surface area contributed by atoms with Gasteiger partial charge in [0.25, 0.3) is 0 Å². The summed E-state index contributed by atoms with van der Waals surface area (Å²) in [5, 5.41) is 12.7. The molecule has 0 aliphatic rings. The lowest BCUT2D eigenvalue weighted by atomic mass is 10.3. The second kappa shape index (κ2) is 9.33. The van der Waals surface area contributed by atoms with Crippen molar-refractivity contribution >= 4 is 11.6 Å². The van der Waals surface area contributed by atoms with E-state index in [0.29, 0.717) is 31.4 Å². The van der Waals surface area contributed by atoms with E-state index in [1.54, 1.807) is 24.4 Å². The molecule has 3 rings (SSSR count). The molecule has 0 atom stereocenters. The van der Waals surface area contributed by atoms with E-state index in [0.717, 1.165) is 0 Å². The third-order valence-corrected chi connectivity index (χ3v) is 3.07. The molecule has 0 fully saturated rings. The molecule has 138 valence electrons. The first-order valence-corrected chi connectivity index (χ1v) is 7.84. The van der Waals surface area contributed by atoms with Crippen LogP contribution in [-0.4, -0.2) is 45.4 Å². The fourth-order valence-corrected chi connectivity index (χ4v) is 1.94. The molecule has 0 aliphatic heterocycles. The van der Waals surface area contributed by atoms with Gasteiger partial charge in [0.1, 0.15) is 23.7 Å². The van der Waals surface area contributed by atoms with Gasteiger partial charge in [-0.25, -0.2) is 13.7 Å². The average Bonchev–Trinajstić information content (AvgIpc) is 3.06. The van der Waals surface area contributed by atoms with Crippen LogP contribution in [0.25, 0.3) is 5.65 Å². The van der Waals surface area contributed by atoms with Crippen LogP contribution in [0.15, 0.2) is 42.7 Å². The first-order valence-electron chi connectivity index (χ1n) is 7.84. The van der Waals surface area contributed by atoms with Crippen LogP contribution >= 0.6 is 0 Å². The average molecular weight is 362 g/mol. The zero-order valence-electron chi connectivity index (χ0n) is 14.1. The quantitative estimate of drug-likeness (QED) is 0.689. The minimum absolute atomic E-state index is 0.0663. The number of halogens is 1. The van der Waals surface area contributed by atoms with Crippen molar-refractivity contribution in [1.29, 1.82) is 0 Å². The van der Waals surface area contributed by atoms with Gasteiger partial charge in [-0.3, -0.25) is 0 Å². The molecule has 8 nitrogen and oxygen atoms in total. The Kier molecular flexibility index (Phi) is 6.86. The zero-order chi connectivity index (χ0) is 18.9. The molecule has 0 saturated heterocycles. The lowest BCUT2D eigenvalue weighted by molar-refractivity contribution is 0.0698. The number of ether oxygens (including phenoxy) is 2. The Balaban J connectivity index is 0.000000197. The fourth-order valence-electron chi connectivity index (χ4n) is 1.94. The van der Waals surface area contributed by atoms with Crippen molar-refractivity contribution in [3.63, 3.8) is 0 Å². The van der Waals surface area contributed by atoms with Crippen LogP contribution in [0.5, 0.6) is 11.6 Å². The maximum absolute atomic E-state index is 12.3. The number of rotatable bonds is 6. The molecule has 0 aliphatic carbocycles. The normalized spacial score (nSPS) is 10.1. The minimum atomic E-state index is -1.05. The zero-order valence-corrected chi connectivity index (χ0v) is 14.1. The molecule has 3 aromatic rings. The molecule has 1 aromatic carbocycles.